The molecule has 2 N–H and O–H groups in total. The largest absolute Gasteiger partial charge is 0.480 e. The van der Waals surface area contributed by atoms with Crippen LogP contribution in [0.15, 0.2) is 22.7 Å². The number of rotatable bonds is 2. The van der Waals surface area contributed by atoms with E-state index in [-0.39, 0.29) is 5.82 Å². The molecule has 1 aromatic carbocycles. The van der Waals surface area contributed by atoms with E-state index in [9.17, 15) is 4.39 Å². The normalized spacial score (nSPS) is 22.6. The maximum Gasteiger partial charge on any atom is 0.480 e. The Bertz CT molecular complexity index is 480. The summed E-state index contributed by atoms with van der Waals surface area (Å²) in [4.78, 5) is 0. The van der Waals surface area contributed by atoms with Crippen LogP contribution < -0.4 is 5.73 Å². The van der Waals surface area contributed by atoms with Crippen LogP contribution in [0.2, 0.25) is 0 Å². The van der Waals surface area contributed by atoms with E-state index in [0.29, 0.717) is 4.47 Å². The smallest absolute Gasteiger partial charge is 0.402 e. The molecule has 0 aromatic heterocycles. The van der Waals surface area contributed by atoms with Gasteiger partial charge < -0.3 is 15.0 Å². The fourth-order valence-corrected chi connectivity index (χ4v) is 2.57. The Hall–Kier alpha value is -0.425. The van der Waals surface area contributed by atoms with Crippen LogP contribution >= 0.6 is 15.9 Å². The van der Waals surface area contributed by atoms with Gasteiger partial charge >= 0.3 is 7.12 Å². The third-order valence-corrected chi connectivity index (χ3v) is 4.57. The summed E-state index contributed by atoms with van der Waals surface area (Å²) in [6.07, 6.45) is 0. The number of hydrogen-bond donors (Lipinski definition) is 1. The summed E-state index contributed by atoms with van der Waals surface area (Å²) in [5.74, 6) is -0.784. The molecule has 1 heterocycles. The predicted octanol–water partition coefficient (Wildman–Crippen LogP) is 3.22. The average Bonchev–Trinajstić information content (AvgIpc) is 2.47. The van der Waals surface area contributed by atoms with Gasteiger partial charge in [-0.15, -0.1) is 0 Å². The zero-order valence-corrected chi connectivity index (χ0v) is 13.1. The molecule has 1 saturated heterocycles. The zero-order valence-electron chi connectivity index (χ0n) is 11.5. The first-order valence-electron chi connectivity index (χ1n) is 6.20. The molecule has 6 heteroatoms. The van der Waals surface area contributed by atoms with Crippen molar-refractivity contribution in [2.24, 2.45) is 5.73 Å². The minimum Gasteiger partial charge on any atom is -0.402 e. The van der Waals surface area contributed by atoms with Crippen molar-refractivity contribution in [1.82, 2.24) is 0 Å². The van der Waals surface area contributed by atoms with Gasteiger partial charge in [0.15, 0.2) is 0 Å². The second-order valence-electron chi connectivity index (χ2n) is 5.82. The van der Waals surface area contributed by atoms with E-state index in [2.05, 4.69) is 15.9 Å². The molecule has 1 atom stereocenters. The van der Waals surface area contributed by atoms with Gasteiger partial charge in [0, 0.05) is 4.47 Å². The van der Waals surface area contributed by atoms with Crippen molar-refractivity contribution in [2.75, 3.05) is 0 Å². The topological polar surface area (TPSA) is 44.5 Å². The fraction of sp³-hybridized carbons (Fsp3) is 0.538. The Morgan fingerprint density at radius 1 is 1.21 bits per heavy atom. The number of halogens is 2. The Labute approximate surface area is 121 Å². The van der Waals surface area contributed by atoms with Gasteiger partial charge in [-0.2, -0.15) is 0 Å². The Morgan fingerprint density at radius 3 is 2.21 bits per heavy atom. The number of benzene rings is 1. The van der Waals surface area contributed by atoms with Crippen molar-refractivity contribution < 1.29 is 13.7 Å². The Balaban J connectivity index is 2.24. The molecule has 0 saturated carbocycles. The summed E-state index contributed by atoms with van der Waals surface area (Å²) < 4.78 is 25.5. The van der Waals surface area contributed by atoms with Crippen molar-refractivity contribution >= 4 is 23.0 Å². The van der Waals surface area contributed by atoms with E-state index >= 15 is 0 Å². The van der Waals surface area contributed by atoms with Gasteiger partial charge in [-0.3, -0.25) is 0 Å². The van der Waals surface area contributed by atoms with Gasteiger partial charge in [0.05, 0.1) is 17.1 Å². The highest BCUT2D eigenvalue weighted by Gasteiger charge is 2.53. The first kappa shape index (κ1) is 15.0. The molecule has 2 rings (SSSR count). The first-order valence-corrected chi connectivity index (χ1v) is 6.99. The van der Waals surface area contributed by atoms with Crippen molar-refractivity contribution in [2.45, 2.75) is 44.8 Å². The van der Waals surface area contributed by atoms with Crippen molar-refractivity contribution in [3.63, 3.8) is 0 Å². The number of nitrogens with two attached hydrogens (primary N) is 1. The molecule has 1 aliphatic rings. The molecule has 0 bridgehead atoms. The summed E-state index contributed by atoms with van der Waals surface area (Å²) in [5, 5.41) is 0. The van der Waals surface area contributed by atoms with Crippen LogP contribution in [0.1, 0.15) is 39.2 Å². The highest BCUT2D eigenvalue weighted by atomic mass is 79.9. The SMILES string of the molecule is CC1(C)OB([C@@H](N)c2ccc(F)cc2Br)OC1(C)C. The van der Waals surface area contributed by atoms with E-state index in [4.69, 9.17) is 15.0 Å². The summed E-state index contributed by atoms with van der Waals surface area (Å²) in [6, 6.07) is 4.42. The van der Waals surface area contributed by atoms with Crippen molar-refractivity contribution in [3.05, 3.63) is 34.1 Å². The lowest BCUT2D eigenvalue weighted by molar-refractivity contribution is 0.00578. The second kappa shape index (κ2) is 4.84. The molecule has 0 spiro atoms. The molecular weight excluding hydrogens is 312 g/mol. The molecule has 0 aliphatic carbocycles. The number of hydrogen-bond acceptors (Lipinski definition) is 3. The molecular formula is C13H18BBrFNO2. The third kappa shape index (κ3) is 2.72. The second-order valence-corrected chi connectivity index (χ2v) is 6.67. The average molecular weight is 330 g/mol. The van der Waals surface area contributed by atoms with Crippen LogP contribution in [-0.2, 0) is 9.31 Å². The zero-order chi connectivity index (χ0) is 14.4. The minimum absolute atomic E-state index is 0.309. The quantitative estimate of drug-likeness (QED) is 0.847. The van der Waals surface area contributed by atoms with Crippen LogP contribution in [0.3, 0.4) is 0 Å². The van der Waals surface area contributed by atoms with Crippen LogP contribution in [0.4, 0.5) is 4.39 Å². The Kier molecular flexibility index (Phi) is 3.82. The van der Waals surface area contributed by atoms with Gasteiger partial charge in [0.25, 0.3) is 0 Å². The molecule has 19 heavy (non-hydrogen) atoms. The molecule has 3 nitrogen and oxygen atoms in total. The van der Waals surface area contributed by atoms with Gasteiger partial charge in [0.1, 0.15) is 5.82 Å². The Morgan fingerprint density at radius 2 is 1.74 bits per heavy atom. The van der Waals surface area contributed by atoms with Crippen LogP contribution in [0, 0.1) is 5.82 Å². The van der Waals surface area contributed by atoms with Gasteiger partial charge in [-0.1, -0.05) is 22.0 Å². The molecule has 0 radical (unpaired) electrons. The molecule has 0 amide bonds. The van der Waals surface area contributed by atoms with Gasteiger partial charge in [0.2, 0.25) is 0 Å². The summed E-state index contributed by atoms with van der Waals surface area (Å²) in [7, 11) is -0.549. The monoisotopic (exact) mass is 329 g/mol. The van der Waals surface area contributed by atoms with E-state index < -0.39 is 24.3 Å². The van der Waals surface area contributed by atoms with Crippen molar-refractivity contribution in [1.29, 1.82) is 0 Å². The van der Waals surface area contributed by atoms with E-state index in [1.807, 2.05) is 27.7 Å². The van der Waals surface area contributed by atoms with Crippen molar-refractivity contribution in [3.8, 4) is 0 Å². The first-order chi connectivity index (χ1) is 8.64. The van der Waals surface area contributed by atoms with Crippen LogP contribution in [0.25, 0.3) is 0 Å². The maximum atomic E-state index is 13.1. The summed E-state index contributed by atoms with van der Waals surface area (Å²) in [6.45, 7) is 7.89. The van der Waals surface area contributed by atoms with Crippen LogP contribution in [0.5, 0.6) is 0 Å². The van der Waals surface area contributed by atoms with E-state index in [1.165, 1.54) is 12.1 Å². The molecule has 1 aromatic rings. The predicted molar refractivity (Wildman–Crippen MR) is 77.1 cm³/mol. The maximum absolute atomic E-state index is 13.1. The van der Waals surface area contributed by atoms with Crippen LogP contribution in [-0.4, -0.2) is 18.3 Å². The third-order valence-electron chi connectivity index (χ3n) is 3.89. The van der Waals surface area contributed by atoms with E-state index in [0.717, 1.165) is 5.56 Å². The summed E-state index contributed by atoms with van der Waals surface area (Å²) in [5.41, 5.74) is 6.10. The standard InChI is InChI=1S/C13H18BBrFNO2/c1-12(2)13(3,4)19-14(18-12)11(17)9-6-5-8(16)7-10(9)15/h5-7,11H,17H2,1-4H3/t11-/m0/s1. The summed E-state index contributed by atoms with van der Waals surface area (Å²) >= 11 is 3.32. The lowest BCUT2D eigenvalue weighted by Gasteiger charge is -2.32. The molecule has 1 fully saturated rings. The highest BCUT2D eigenvalue weighted by Crippen LogP contribution is 2.40. The highest BCUT2D eigenvalue weighted by molar-refractivity contribution is 9.10. The minimum atomic E-state index is -0.549. The van der Waals surface area contributed by atoms with Gasteiger partial charge in [-0.25, -0.2) is 4.39 Å². The molecule has 104 valence electrons. The lowest BCUT2D eigenvalue weighted by Crippen LogP contribution is -2.41. The molecule has 0 unspecified atom stereocenters. The fourth-order valence-electron chi connectivity index (χ4n) is 1.95. The molecule has 1 aliphatic heterocycles. The lowest BCUT2D eigenvalue weighted by atomic mass is 9.75. The van der Waals surface area contributed by atoms with E-state index in [1.54, 1.807) is 6.07 Å². The van der Waals surface area contributed by atoms with Gasteiger partial charge in [-0.05, 0) is 45.4 Å².